The van der Waals surface area contributed by atoms with Crippen LogP contribution in [0.1, 0.15) is 12.0 Å². The summed E-state index contributed by atoms with van der Waals surface area (Å²) in [4.78, 5) is 1.90. The first-order chi connectivity index (χ1) is 10.2. The Bertz CT molecular complexity index is 581. The number of halogens is 2. The highest BCUT2D eigenvalue weighted by atomic mass is 32.2. The molecule has 0 aromatic heterocycles. The van der Waals surface area contributed by atoms with Crippen LogP contribution < -0.4 is 14.6 Å². The van der Waals surface area contributed by atoms with Gasteiger partial charge in [0.2, 0.25) is 10.0 Å². The molecule has 0 bridgehead atoms. The fraction of sp³-hybridized carbons (Fsp3) is 0.538. The quantitative estimate of drug-likeness (QED) is 0.736. The third-order valence-corrected chi connectivity index (χ3v) is 3.72. The second-order valence-corrected chi connectivity index (χ2v) is 6.56. The summed E-state index contributed by atoms with van der Waals surface area (Å²) >= 11 is 0. The van der Waals surface area contributed by atoms with Gasteiger partial charge < -0.3 is 14.4 Å². The van der Waals surface area contributed by atoms with Gasteiger partial charge in [0.25, 0.3) is 0 Å². The van der Waals surface area contributed by atoms with E-state index in [-0.39, 0.29) is 17.3 Å². The van der Waals surface area contributed by atoms with E-state index in [9.17, 15) is 17.2 Å². The van der Waals surface area contributed by atoms with Crippen LogP contribution in [0.3, 0.4) is 0 Å². The summed E-state index contributed by atoms with van der Waals surface area (Å²) in [6.07, 6.45) is 0.416. The molecule has 1 rings (SSSR count). The van der Waals surface area contributed by atoms with Gasteiger partial charge in [0, 0.05) is 6.54 Å². The van der Waals surface area contributed by atoms with Gasteiger partial charge >= 0.3 is 6.61 Å². The van der Waals surface area contributed by atoms with Crippen molar-refractivity contribution in [1.29, 1.82) is 0 Å². The van der Waals surface area contributed by atoms with Crippen LogP contribution in [0.2, 0.25) is 0 Å². The van der Waals surface area contributed by atoms with Crippen LogP contribution in [-0.2, 0) is 16.6 Å². The number of primary sulfonamides is 1. The molecule has 0 radical (unpaired) electrons. The largest absolute Gasteiger partial charge is 0.493 e. The zero-order chi connectivity index (χ0) is 16.8. The van der Waals surface area contributed by atoms with E-state index in [1.54, 1.807) is 12.1 Å². The van der Waals surface area contributed by atoms with E-state index in [0.29, 0.717) is 19.5 Å². The van der Waals surface area contributed by atoms with Gasteiger partial charge in [0.05, 0.1) is 12.9 Å². The predicted molar refractivity (Wildman–Crippen MR) is 78.6 cm³/mol. The number of rotatable bonds is 9. The Morgan fingerprint density at radius 3 is 2.55 bits per heavy atom. The normalized spacial score (nSPS) is 12.0. The lowest BCUT2D eigenvalue weighted by Gasteiger charge is -2.17. The maximum absolute atomic E-state index is 12.2. The topological polar surface area (TPSA) is 81.9 Å². The Balaban J connectivity index is 2.61. The lowest BCUT2D eigenvalue weighted by molar-refractivity contribution is -0.0512. The van der Waals surface area contributed by atoms with E-state index in [1.807, 2.05) is 11.9 Å². The molecule has 22 heavy (non-hydrogen) atoms. The predicted octanol–water partition coefficient (Wildman–Crippen LogP) is 1.41. The molecule has 6 nitrogen and oxygen atoms in total. The van der Waals surface area contributed by atoms with Crippen molar-refractivity contribution in [2.45, 2.75) is 19.6 Å². The second kappa shape index (κ2) is 8.25. The van der Waals surface area contributed by atoms with E-state index in [4.69, 9.17) is 9.88 Å². The number of nitrogens with two attached hydrogens (primary N) is 1. The molecule has 0 spiro atoms. The lowest BCUT2D eigenvalue weighted by Crippen LogP contribution is -2.24. The minimum Gasteiger partial charge on any atom is -0.493 e. The van der Waals surface area contributed by atoms with Gasteiger partial charge in [-0.15, -0.1) is 0 Å². The van der Waals surface area contributed by atoms with Crippen molar-refractivity contribution < 1.29 is 26.7 Å². The molecule has 0 unspecified atom stereocenters. The lowest BCUT2D eigenvalue weighted by atomic mass is 10.2. The van der Waals surface area contributed by atoms with Crippen molar-refractivity contribution in [3.05, 3.63) is 23.8 Å². The Morgan fingerprint density at radius 1 is 1.32 bits per heavy atom. The van der Waals surface area contributed by atoms with E-state index < -0.39 is 16.6 Å². The number of ether oxygens (including phenoxy) is 2. The van der Waals surface area contributed by atoms with Crippen molar-refractivity contribution in [1.82, 2.24) is 4.90 Å². The molecule has 0 aliphatic rings. The van der Waals surface area contributed by atoms with E-state index in [2.05, 4.69) is 4.74 Å². The summed E-state index contributed by atoms with van der Waals surface area (Å²) in [7, 11) is -0.268. The number of methoxy groups -OCH3 is 1. The summed E-state index contributed by atoms with van der Waals surface area (Å²) in [6, 6.07) is 4.67. The maximum atomic E-state index is 12.2. The zero-order valence-corrected chi connectivity index (χ0v) is 13.3. The number of hydrogen-bond donors (Lipinski definition) is 1. The van der Waals surface area contributed by atoms with E-state index in [0.717, 1.165) is 5.56 Å². The first-order valence-corrected chi connectivity index (χ1v) is 8.23. The van der Waals surface area contributed by atoms with Gasteiger partial charge in [0.15, 0.2) is 11.5 Å². The number of sulfonamides is 1. The van der Waals surface area contributed by atoms with Gasteiger partial charge in [-0.3, -0.25) is 0 Å². The molecule has 126 valence electrons. The molecule has 0 atom stereocenters. The number of benzene rings is 1. The highest BCUT2D eigenvalue weighted by molar-refractivity contribution is 7.89. The number of alkyl halides is 2. The second-order valence-electron chi connectivity index (χ2n) is 4.82. The summed E-state index contributed by atoms with van der Waals surface area (Å²) < 4.78 is 55.5. The molecule has 1 aromatic carbocycles. The standard InChI is InChI=1S/C13H20F2N2O4S/c1-17(6-3-7-22(16,18)19)9-10-4-5-11(21-13(14)15)12(8-10)20-2/h4-5,8,13H,3,6-7,9H2,1-2H3,(H2,16,18,19). The third kappa shape index (κ3) is 7.01. The van der Waals surface area contributed by atoms with Gasteiger partial charge in [-0.25, -0.2) is 13.6 Å². The molecule has 0 saturated carbocycles. The first kappa shape index (κ1) is 18.6. The minimum atomic E-state index is -3.45. The molecule has 0 heterocycles. The van der Waals surface area contributed by atoms with Crippen LogP contribution in [0.15, 0.2) is 18.2 Å². The molecule has 0 fully saturated rings. The Kier molecular flexibility index (Phi) is 6.98. The molecule has 0 aliphatic heterocycles. The Morgan fingerprint density at radius 2 is 2.00 bits per heavy atom. The van der Waals surface area contributed by atoms with Crippen molar-refractivity contribution >= 4 is 10.0 Å². The maximum Gasteiger partial charge on any atom is 0.387 e. The zero-order valence-electron chi connectivity index (χ0n) is 12.5. The van der Waals surface area contributed by atoms with Crippen LogP contribution in [0, 0.1) is 0 Å². The monoisotopic (exact) mass is 338 g/mol. The Hall–Kier alpha value is -1.45. The van der Waals surface area contributed by atoms with Crippen molar-refractivity contribution in [3.63, 3.8) is 0 Å². The molecular formula is C13H20F2N2O4S. The molecule has 2 N–H and O–H groups in total. The van der Waals surface area contributed by atoms with Crippen LogP contribution in [0.4, 0.5) is 8.78 Å². The van der Waals surface area contributed by atoms with Crippen molar-refractivity contribution in [2.24, 2.45) is 5.14 Å². The van der Waals surface area contributed by atoms with Crippen LogP contribution in [0.25, 0.3) is 0 Å². The fourth-order valence-corrected chi connectivity index (χ4v) is 2.46. The van der Waals surface area contributed by atoms with Crippen molar-refractivity contribution in [2.75, 3.05) is 26.5 Å². The molecule has 0 saturated heterocycles. The molecule has 0 aliphatic carbocycles. The third-order valence-electron chi connectivity index (χ3n) is 2.87. The van der Waals surface area contributed by atoms with E-state index in [1.165, 1.54) is 13.2 Å². The number of nitrogens with zero attached hydrogens (tertiary/aromatic N) is 1. The van der Waals surface area contributed by atoms with Gasteiger partial charge in [-0.1, -0.05) is 6.07 Å². The molecule has 1 aromatic rings. The summed E-state index contributed by atoms with van der Waals surface area (Å²) in [5.41, 5.74) is 0.830. The van der Waals surface area contributed by atoms with Gasteiger partial charge in [0.1, 0.15) is 0 Å². The smallest absolute Gasteiger partial charge is 0.387 e. The van der Waals surface area contributed by atoms with Crippen LogP contribution in [-0.4, -0.2) is 46.4 Å². The first-order valence-electron chi connectivity index (χ1n) is 6.52. The summed E-state index contributed by atoms with van der Waals surface area (Å²) in [5, 5.41) is 4.93. The fourth-order valence-electron chi connectivity index (χ4n) is 1.93. The average molecular weight is 338 g/mol. The van der Waals surface area contributed by atoms with Crippen LogP contribution in [0.5, 0.6) is 11.5 Å². The molecular weight excluding hydrogens is 318 g/mol. The highest BCUT2D eigenvalue weighted by Crippen LogP contribution is 2.29. The SMILES string of the molecule is COc1cc(CN(C)CCCS(N)(=O)=O)ccc1OC(F)F. The summed E-state index contributed by atoms with van der Waals surface area (Å²) in [6.45, 7) is -1.87. The number of hydrogen-bond acceptors (Lipinski definition) is 5. The Labute approximate surface area is 128 Å². The highest BCUT2D eigenvalue weighted by Gasteiger charge is 2.12. The van der Waals surface area contributed by atoms with Gasteiger partial charge in [-0.05, 0) is 37.7 Å². The molecule has 0 amide bonds. The van der Waals surface area contributed by atoms with Gasteiger partial charge in [-0.2, -0.15) is 8.78 Å². The van der Waals surface area contributed by atoms with Crippen LogP contribution >= 0.6 is 0 Å². The molecule has 9 heteroatoms. The minimum absolute atomic E-state index is 0.0295. The average Bonchev–Trinajstić information content (AvgIpc) is 2.38. The summed E-state index contributed by atoms with van der Waals surface area (Å²) in [5.74, 6) is 0.107. The van der Waals surface area contributed by atoms with E-state index >= 15 is 0 Å². The van der Waals surface area contributed by atoms with Crippen molar-refractivity contribution in [3.8, 4) is 11.5 Å².